The Kier molecular flexibility index (Phi) is 11.6. The standard InChI is InChI=1S/C8H26O3Si4.C6H16OSi/c1-12(2)15(7,8)11-14(5,6)10-13(3,4)9;1-4-5-6-8(2,3)7/h9,12H,1-8H3;7H,4-6H2,1-3H3. The third kappa shape index (κ3) is 17.5. The molecule has 0 aromatic heterocycles. The molecule has 0 unspecified atom stereocenters. The minimum absolute atomic E-state index is 0.742. The molecule has 0 saturated heterocycles. The second kappa shape index (κ2) is 10.2. The summed E-state index contributed by atoms with van der Waals surface area (Å²) in [6.45, 7) is 23.0. The van der Waals surface area contributed by atoms with E-state index in [1.54, 1.807) is 13.1 Å². The number of hydrogen-bond acceptors (Lipinski definition) is 4. The van der Waals surface area contributed by atoms with Crippen LogP contribution in [0.5, 0.6) is 0 Å². The molecular weight excluding hydrogens is 373 g/mol. The summed E-state index contributed by atoms with van der Waals surface area (Å²) in [6.07, 6.45) is 2.40. The summed E-state index contributed by atoms with van der Waals surface area (Å²) < 4.78 is 12.0. The van der Waals surface area contributed by atoms with E-state index in [4.69, 9.17) is 8.23 Å². The SMILES string of the molecule is CCCC[Si](C)(C)O.C[SiH](C)[Si](C)(C)O[Si](C)(C)O[Si](C)(C)O. The van der Waals surface area contributed by atoms with Crippen molar-refractivity contribution in [3.63, 3.8) is 0 Å². The molecule has 0 aromatic rings. The molecule has 0 aliphatic heterocycles. The van der Waals surface area contributed by atoms with Crippen LogP contribution >= 0.6 is 0 Å². The van der Waals surface area contributed by atoms with Gasteiger partial charge in [-0.2, -0.15) is 0 Å². The highest BCUT2D eigenvalue weighted by molar-refractivity contribution is 7.29. The highest BCUT2D eigenvalue weighted by Crippen LogP contribution is 2.20. The molecule has 0 heterocycles. The van der Waals surface area contributed by atoms with Crippen LogP contribution in [-0.4, -0.2) is 51.2 Å². The summed E-state index contributed by atoms with van der Waals surface area (Å²) in [4.78, 5) is 19.1. The van der Waals surface area contributed by atoms with Gasteiger partial charge >= 0.3 is 17.1 Å². The lowest BCUT2D eigenvalue weighted by molar-refractivity contribution is 0.328. The molecule has 0 amide bonds. The Morgan fingerprint density at radius 2 is 1.26 bits per heavy atom. The van der Waals surface area contributed by atoms with Gasteiger partial charge in [0.25, 0.3) is 0 Å². The van der Waals surface area contributed by atoms with Crippen molar-refractivity contribution in [2.75, 3.05) is 0 Å². The van der Waals surface area contributed by atoms with Crippen molar-refractivity contribution in [2.24, 2.45) is 0 Å². The van der Waals surface area contributed by atoms with Gasteiger partial charge < -0.3 is 17.8 Å². The molecule has 0 rings (SSSR count). The van der Waals surface area contributed by atoms with Crippen LogP contribution in [0.4, 0.5) is 0 Å². The molecular formula is C14H42O4Si5. The molecule has 0 aliphatic rings. The fraction of sp³-hybridized carbons (Fsp3) is 1.00. The van der Waals surface area contributed by atoms with Gasteiger partial charge in [-0.1, -0.05) is 32.9 Å². The molecule has 4 nitrogen and oxygen atoms in total. The fourth-order valence-corrected chi connectivity index (χ4v) is 19.2. The Hall–Kier alpha value is 0.924. The molecule has 0 radical (unpaired) electrons. The van der Waals surface area contributed by atoms with Gasteiger partial charge in [-0.3, -0.25) is 0 Å². The predicted octanol–water partition coefficient (Wildman–Crippen LogP) is 4.17. The largest absolute Gasteiger partial charge is 0.439 e. The first kappa shape index (κ1) is 26.2. The van der Waals surface area contributed by atoms with E-state index in [1.165, 1.54) is 12.8 Å². The molecule has 142 valence electrons. The summed E-state index contributed by atoms with van der Waals surface area (Å²) in [7, 11) is -8.53. The van der Waals surface area contributed by atoms with Crippen molar-refractivity contribution in [1.82, 2.24) is 0 Å². The zero-order valence-electron chi connectivity index (χ0n) is 17.4. The molecule has 0 saturated carbocycles. The second-order valence-corrected chi connectivity index (χ2v) is 33.3. The average molecular weight is 415 g/mol. The summed E-state index contributed by atoms with van der Waals surface area (Å²) >= 11 is 0. The van der Waals surface area contributed by atoms with Crippen molar-refractivity contribution in [2.45, 2.75) is 91.3 Å². The maximum Gasteiger partial charge on any atom is 0.320 e. The smallest absolute Gasteiger partial charge is 0.320 e. The zero-order valence-corrected chi connectivity index (χ0v) is 22.6. The summed E-state index contributed by atoms with van der Waals surface area (Å²) in [5, 5.41) is 0. The van der Waals surface area contributed by atoms with Gasteiger partial charge in [0.15, 0.2) is 16.2 Å². The van der Waals surface area contributed by atoms with E-state index in [9.17, 15) is 9.59 Å². The average Bonchev–Trinajstić information content (AvgIpc) is 2.20. The third-order valence-corrected chi connectivity index (χ3v) is 25.3. The Morgan fingerprint density at radius 3 is 1.48 bits per heavy atom. The van der Waals surface area contributed by atoms with Crippen molar-refractivity contribution < 1.29 is 17.8 Å². The Bertz CT molecular complexity index is 322. The lowest BCUT2D eigenvalue weighted by Crippen LogP contribution is -2.57. The van der Waals surface area contributed by atoms with Gasteiger partial charge in [-0.25, -0.2) is 0 Å². The van der Waals surface area contributed by atoms with Gasteiger partial charge in [-0.05, 0) is 58.4 Å². The Balaban J connectivity index is 0. The van der Waals surface area contributed by atoms with Gasteiger partial charge in [0, 0.05) is 0 Å². The minimum Gasteiger partial charge on any atom is -0.439 e. The van der Waals surface area contributed by atoms with Crippen LogP contribution in [0.25, 0.3) is 0 Å². The van der Waals surface area contributed by atoms with E-state index >= 15 is 0 Å². The normalized spacial score (nSPS) is 13.8. The molecule has 2 N–H and O–H groups in total. The van der Waals surface area contributed by atoms with E-state index in [0.29, 0.717) is 0 Å². The van der Waals surface area contributed by atoms with E-state index < -0.39 is 41.6 Å². The predicted molar refractivity (Wildman–Crippen MR) is 115 cm³/mol. The fourth-order valence-electron chi connectivity index (χ4n) is 1.98. The molecule has 0 spiro atoms. The molecule has 0 aliphatic carbocycles. The quantitative estimate of drug-likeness (QED) is 0.585. The van der Waals surface area contributed by atoms with Crippen LogP contribution in [0.15, 0.2) is 0 Å². The number of unbranched alkanes of at least 4 members (excludes halogenated alkanes) is 1. The van der Waals surface area contributed by atoms with E-state index in [1.807, 2.05) is 26.2 Å². The summed E-state index contributed by atoms with van der Waals surface area (Å²) in [6, 6.07) is 1.06. The first-order valence-electron chi connectivity index (χ1n) is 8.77. The highest BCUT2D eigenvalue weighted by Gasteiger charge is 2.40. The van der Waals surface area contributed by atoms with Gasteiger partial charge in [0.2, 0.25) is 0 Å². The molecule has 0 bridgehead atoms. The van der Waals surface area contributed by atoms with E-state index in [2.05, 4.69) is 33.1 Å². The van der Waals surface area contributed by atoms with Gasteiger partial charge in [-0.15, -0.1) is 0 Å². The van der Waals surface area contributed by atoms with Gasteiger partial charge in [0.05, 0.1) is 8.31 Å². The third-order valence-electron chi connectivity index (χ3n) is 3.54. The van der Waals surface area contributed by atoms with Gasteiger partial charge in [0.1, 0.15) is 0 Å². The monoisotopic (exact) mass is 414 g/mol. The van der Waals surface area contributed by atoms with Crippen molar-refractivity contribution in [1.29, 1.82) is 0 Å². The molecule has 23 heavy (non-hydrogen) atoms. The van der Waals surface area contributed by atoms with Crippen molar-refractivity contribution in [3.8, 4) is 0 Å². The number of hydrogen-bond donors (Lipinski definition) is 2. The van der Waals surface area contributed by atoms with Crippen molar-refractivity contribution in [3.05, 3.63) is 0 Å². The molecule has 0 aromatic carbocycles. The van der Waals surface area contributed by atoms with Crippen molar-refractivity contribution >= 4 is 41.6 Å². The first-order valence-corrected chi connectivity index (χ1v) is 24.6. The minimum atomic E-state index is -2.45. The summed E-state index contributed by atoms with van der Waals surface area (Å²) in [5.74, 6) is 0. The summed E-state index contributed by atoms with van der Waals surface area (Å²) in [5.41, 5.74) is 0. The topological polar surface area (TPSA) is 58.9 Å². The van der Waals surface area contributed by atoms with E-state index in [-0.39, 0.29) is 0 Å². The van der Waals surface area contributed by atoms with E-state index in [0.717, 1.165) is 6.04 Å². The Morgan fingerprint density at radius 1 is 0.826 bits per heavy atom. The lowest BCUT2D eigenvalue weighted by atomic mass is 10.4. The zero-order chi connectivity index (χ0) is 19.1. The molecule has 0 atom stereocenters. The molecule has 9 heteroatoms. The maximum atomic E-state index is 9.79. The first-order chi connectivity index (χ1) is 9.92. The van der Waals surface area contributed by atoms with Crippen LogP contribution in [0.2, 0.25) is 71.5 Å². The number of rotatable bonds is 8. The molecule has 0 fully saturated rings. The van der Waals surface area contributed by atoms with Crippen LogP contribution in [0.3, 0.4) is 0 Å². The van der Waals surface area contributed by atoms with Crippen LogP contribution < -0.4 is 0 Å². The second-order valence-electron chi connectivity index (χ2n) is 8.72. The van der Waals surface area contributed by atoms with Crippen LogP contribution in [0.1, 0.15) is 19.8 Å². The highest BCUT2D eigenvalue weighted by atomic mass is 29.2. The Labute approximate surface area is 150 Å². The van der Waals surface area contributed by atoms with Crippen LogP contribution in [0, 0.1) is 0 Å². The van der Waals surface area contributed by atoms with Crippen LogP contribution in [-0.2, 0) is 8.23 Å². The maximum absolute atomic E-state index is 9.79. The lowest BCUT2D eigenvalue weighted by Gasteiger charge is -2.38.